The van der Waals surface area contributed by atoms with Crippen molar-refractivity contribution in [2.45, 2.75) is 78.8 Å². The van der Waals surface area contributed by atoms with Gasteiger partial charge in [-0.3, -0.25) is 14.5 Å². The van der Waals surface area contributed by atoms with Crippen molar-refractivity contribution in [1.29, 1.82) is 0 Å². The molecule has 1 aliphatic carbocycles. The van der Waals surface area contributed by atoms with Crippen molar-refractivity contribution in [3.8, 4) is 0 Å². The van der Waals surface area contributed by atoms with Gasteiger partial charge in [0.2, 0.25) is 0 Å². The van der Waals surface area contributed by atoms with E-state index in [1.165, 1.54) is 39.0 Å². The van der Waals surface area contributed by atoms with Crippen LogP contribution in [0.1, 0.15) is 98.1 Å². The number of hydrogen-bond donors (Lipinski definition) is 1. The fraction of sp³-hybridized carbons (Fsp3) is 0.417. The van der Waals surface area contributed by atoms with E-state index >= 15 is 0 Å². The molecule has 4 rings (SSSR count). The lowest BCUT2D eigenvalue weighted by molar-refractivity contribution is -0.141. The van der Waals surface area contributed by atoms with E-state index in [4.69, 9.17) is 15.2 Å². The Labute approximate surface area is 271 Å². The van der Waals surface area contributed by atoms with Crippen LogP contribution in [0.25, 0.3) is 0 Å². The Kier molecular flexibility index (Phi) is 16.4. The van der Waals surface area contributed by atoms with Gasteiger partial charge in [-0.2, -0.15) is 0 Å². The molecule has 0 bridgehead atoms. The maximum Gasteiger partial charge on any atom is 0.338 e. The van der Waals surface area contributed by atoms with E-state index in [0.29, 0.717) is 43.3 Å². The van der Waals surface area contributed by atoms with Gasteiger partial charge in [0.25, 0.3) is 0 Å². The first kappa shape index (κ1) is 36.7. The summed E-state index contributed by atoms with van der Waals surface area (Å²) in [7, 11) is 0. The molecule has 0 aliphatic heterocycles. The first-order valence-corrected chi connectivity index (χ1v) is 15.9. The van der Waals surface area contributed by atoms with Crippen molar-refractivity contribution in [3.63, 3.8) is 0 Å². The number of rotatable bonds is 12. The molecule has 0 heterocycles. The van der Waals surface area contributed by atoms with Gasteiger partial charge in [-0.25, -0.2) is 4.79 Å². The molecule has 7 nitrogen and oxygen atoms in total. The molecule has 0 unspecified atom stereocenters. The molecule has 0 saturated heterocycles. The third-order valence-electron chi connectivity index (χ3n) is 7.47. The van der Waals surface area contributed by atoms with Crippen LogP contribution in [0.15, 0.2) is 77.3 Å². The number of anilines is 1. The van der Waals surface area contributed by atoms with E-state index in [0.717, 1.165) is 34.3 Å². The SMILES string of the molecule is C.CCN(Cc1cc(C(=O)OCCCCOC(C)=O)cc(Br)c1N)C1CCCCC1.O=C(c1ccccc1)c1ccccc1. The molecule has 1 saturated carbocycles. The van der Waals surface area contributed by atoms with Crippen LogP contribution in [0.2, 0.25) is 0 Å². The van der Waals surface area contributed by atoms with Crippen LogP contribution in [-0.4, -0.2) is 48.4 Å². The Morgan fingerprint density at radius 3 is 1.91 bits per heavy atom. The van der Waals surface area contributed by atoms with Crippen LogP contribution < -0.4 is 5.73 Å². The summed E-state index contributed by atoms with van der Waals surface area (Å²) < 4.78 is 11.0. The van der Waals surface area contributed by atoms with E-state index in [1.54, 1.807) is 6.07 Å². The Balaban J connectivity index is 0.000000375. The van der Waals surface area contributed by atoms with Crippen LogP contribution in [0.5, 0.6) is 0 Å². The molecule has 0 aromatic heterocycles. The minimum Gasteiger partial charge on any atom is -0.466 e. The first-order valence-electron chi connectivity index (χ1n) is 15.1. The molecular weight excluding hydrogens is 620 g/mol. The molecule has 238 valence electrons. The van der Waals surface area contributed by atoms with Crippen molar-refractivity contribution >= 4 is 39.3 Å². The van der Waals surface area contributed by atoms with Gasteiger partial charge >= 0.3 is 11.9 Å². The zero-order valence-electron chi connectivity index (χ0n) is 25.2. The van der Waals surface area contributed by atoms with E-state index in [9.17, 15) is 14.4 Å². The molecule has 0 radical (unpaired) electrons. The van der Waals surface area contributed by atoms with E-state index in [2.05, 4.69) is 27.8 Å². The summed E-state index contributed by atoms with van der Waals surface area (Å²) in [4.78, 5) is 37.5. The standard InChI is InChI=1S/C22H33BrN2O4.C13H10O.CH4/c1-3-25(19-9-5-4-6-10-19)15-18-13-17(14-20(23)21(18)24)22(27)29-12-8-7-11-28-16(2)26;14-13(11-7-3-1-4-8-11)12-9-5-2-6-10-12;/h13-14,19H,3-12,15,24H2,1-2H3;1-10H;1H4. The van der Waals surface area contributed by atoms with Gasteiger partial charge in [-0.05, 0) is 65.9 Å². The lowest BCUT2D eigenvalue weighted by Gasteiger charge is -2.34. The number of ether oxygens (including phenoxy) is 2. The van der Waals surface area contributed by atoms with Crippen molar-refractivity contribution in [2.24, 2.45) is 0 Å². The normalized spacial score (nSPS) is 12.8. The van der Waals surface area contributed by atoms with E-state index in [1.807, 2.05) is 66.7 Å². The summed E-state index contributed by atoms with van der Waals surface area (Å²) in [5.74, 6) is -0.582. The summed E-state index contributed by atoms with van der Waals surface area (Å²) in [6.45, 7) is 5.88. The van der Waals surface area contributed by atoms with Crippen LogP contribution >= 0.6 is 15.9 Å². The highest BCUT2D eigenvalue weighted by Crippen LogP contribution is 2.30. The smallest absolute Gasteiger partial charge is 0.338 e. The number of unbranched alkanes of at least 4 members (excludes halogenated alkanes) is 1. The number of carbonyl (C=O) groups is 3. The van der Waals surface area contributed by atoms with Crippen LogP contribution in [0, 0.1) is 0 Å². The molecule has 8 heteroatoms. The number of ketones is 1. The number of nitrogens with zero attached hydrogens (tertiary/aromatic N) is 1. The summed E-state index contributed by atoms with van der Waals surface area (Å²) in [5, 5.41) is 0. The zero-order chi connectivity index (χ0) is 31.0. The Morgan fingerprint density at radius 2 is 1.39 bits per heavy atom. The lowest BCUT2D eigenvalue weighted by atomic mass is 9.93. The van der Waals surface area contributed by atoms with Crippen LogP contribution in [0.3, 0.4) is 0 Å². The number of halogens is 1. The molecular formula is C36H47BrN2O5. The molecule has 0 atom stereocenters. The number of carbonyl (C=O) groups excluding carboxylic acids is 3. The van der Waals surface area contributed by atoms with Gasteiger partial charge in [-0.15, -0.1) is 0 Å². The largest absolute Gasteiger partial charge is 0.466 e. The second-order valence-electron chi connectivity index (χ2n) is 10.6. The maximum atomic E-state index is 12.5. The molecule has 3 aromatic carbocycles. The lowest BCUT2D eigenvalue weighted by Crippen LogP contribution is -2.36. The molecule has 44 heavy (non-hydrogen) atoms. The first-order chi connectivity index (χ1) is 20.8. The molecule has 3 aromatic rings. The Morgan fingerprint density at radius 1 is 0.841 bits per heavy atom. The summed E-state index contributed by atoms with van der Waals surface area (Å²) in [6.07, 6.45) is 7.65. The minimum absolute atomic E-state index is 0. The average molecular weight is 668 g/mol. The fourth-order valence-corrected chi connectivity index (χ4v) is 5.60. The van der Waals surface area contributed by atoms with E-state index in [-0.39, 0.29) is 25.1 Å². The van der Waals surface area contributed by atoms with E-state index < -0.39 is 0 Å². The number of esters is 2. The monoisotopic (exact) mass is 666 g/mol. The predicted octanol–water partition coefficient (Wildman–Crippen LogP) is 8.24. The third kappa shape index (κ3) is 11.9. The van der Waals surface area contributed by atoms with Gasteiger partial charge < -0.3 is 15.2 Å². The molecule has 2 N–H and O–H groups in total. The zero-order valence-corrected chi connectivity index (χ0v) is 26.8. The highest BCUT2D eigenvalue weighted by molar-refractivity contribution is 9.10. The van der Waals surface area contributed by atoms with Crippen molar-refractivity contribution in [3.05, 3.63) is 99.5 Å². The van der Waals surface area contributed by atoms with Gasteiger partial charge in [0, 0.05) is 35.1 Å². The fourth-order valence-electron chi connectivity index (χ4n) is 5.10. The van der Waals surface area contributed by atoms with Crippen molar-refractivity contribution < 1.29 is 23.9 Å². The number of hydrogen-bond acceptors (Lipinski definition) is 7. The molecule has 1 fully saturated rings. The van der Waals surface area contributed by atoms with Crippen molar-refractivity contribution in [1.82, 2.24) is 4.90 Å². The highest BCUT2D eigenvalue weighted by Gasteiger charge is 2.22. The number of nitrogens with two attached hydrogens (primary N) is 1. The number of nitrogen functional groups attached to an aromatic ring is 1. The number of benzene rings is 3. The van der Waals surface area contributed by atoms with Crippen LogP contribution in [0.4, 0.5) is 5.69 Å². The molecule has 0 amide bonds. The maximum absolute atomic E-state index is 12.5. The quantitative estimate of drug-likeness (QED) is 0.0899. The Bertz CT molecular complexity index is 1270. The Hall–Kier alpha value is -3.49. The second-order valence-corrected chi connectivity index (χ2v) is 11.5. The topological polar surface area (TPSA) is 98.9 Å². The highest BCUT2D eigenvalue weighted by atomic mass is 79.9. The molecule has 0 spiro atoms. The second kappa shape index (κ2) is 19.7. The summed E-state index contributed by atoms with van der Waals surface area (Å²) in [6, 6.07) is 22.8. The molecule has 1 aliphatic rings. The van der Waals surface area contributed by atoms with Gasteiger partial charge in [0.1, 0.15) is 0 Å². The third-order valence-corrected chi connectivity index (χ3v) is 8.13. The van der Waals surface area contributed by atoms with Gasteiger partial charge in [0.05, 0.1) is 24.5 Å². The van der Waals surface area contributed by atoms with Crippen molar-refractivity contribution in [2.75, 3.05) is 25.5 Å². The summed E-state index contributed by atoms with van der Waals surface area (Å²) >= 11 is 3.49. The minimum atomic E-state index is -0.361. The van der Waals surface area contributed by atoms with Crippen LogP contribution in [-0.2, 0) is 20.8 Å². The summed E-state index contributed by atoms with van der Waals surface area (Å²) in [5.41, 5.74) is 9.90. The predicted molar refractivity (Wildman–Crippen MR) is 181 cm³/mol. The average Bonchev–Trinajstić information content (AvgIpc) is 3.04. The van der Waals surface area contributed by atoms with Gasteiger partial charge in [0.15, 0.2) is 5.78 Å². The van der Waals surface area contributed by atoms with Gasteiger partial charge in [-0.1, -0.05) is 94.3 Å².